The fourth-order valence-corrected chi connectivity index (χ4v) is 3.38. The normalized spacial score (nSPS) is 13.0. The van der Waals surface area contributed by atoms with E-state index in [0.29, 0.717) is 24.3 Å². The number of aliphatic carboxylic acids is 1. The summed E-state index contributed by atoms with van der Waals surface area (Å²) >= 11 is 0. The zero-order valence-corrected chi connectivity index (χ0v) is 15.1. The molecule has 0 unspecified atom stereocenters. The van der Waals surface area contributed by atoms with Gasteiger partial charge >= 0.3 is 12.1 Å². The Balaban J connectivity index is 2.36. The molecule has 14 heteroatoms. The molecule has 0 saturated carbocycles. The van der Waals surface area contributed by atoms with Crippen LogP contribution in [0.5, 0.6) is 0 Å². The number of amides is 1. The van der Waals surface area contributed by atoms with Crippen molar-refractivity contribution in [3.8, 4) is 0 Å². The average molecular weight is 456 g/mol. The molecule has 0 bridgehead atoms. The zero-order valence-electron chi connectivity index (χ0n) is 14.3. The molecular formula is C16H10F6N2O5S. The number of carboxylic acid groups (broad SMARTS) is 1. The fraction of sp³-hybridized carbons (Fsp3) is 0.125. The molecule has 0 saturated heterocycles. The lowest BCUT2D eigenvalue weighted by molar-refractivity contribution is -0.177. The highest BCUT2D eigenvalue weighted by molar-refractivity contribution is 7.89. The van der Waals surface area contributed by atoms with E-state index in [9.17, 15) is 44.3 Å². The molecule has 0 aromatic heterocycles. The molecule has 0 aliphatic carbocycles. The van der Waals surface area contributed by atoms with Crippen molar-refractivity contribution in [3.63, 3.8) is 0 Å². The van der Waals surface area contributed by atoms with Crippen LogP contribution in [0, 0.1) is 17.5 Å². The van der Waals surface area contributed by atoms with E-state index < -0.39 is 62.0 Å². The van der Waals surface area contributed by atoms with Crippen molar-refractivity contribution < 1.29 is 49.5 Å². The number of benzene rings is 2. The van der Waals surface area contributed by atoms with E-state index in [0.717, 1.165) is 16.9 Å². The van der Waals surface area contributed by atoms with Crippen molar-refractivity contribution in [1.82, 2.24) is 4.72 Å². The molecule has 0 spiro atoms. The molecule has 0 heterocycles. The van der Waals surface area contributed by atoms with Gasteiger partial charge < -0.3 is 10.4 Å². The van der Waals surface area contributed by atoms with Crippen molar-refractivity contribution in [3.05, 3.63) is 59.4 Å². The molecule has 0 fully saturated rings. The van der Waals surface area contributed by atoms with Crippen molar-refractivity contribution in [1.29, 1.82) is 0 Å². The number of carbonyl (C=O) groups excluding carboxylic acids is 1. The van der Waals surface area contributed by atoms with Crippen molar-refractivity contribution in [2.24, 2.45) is 0 Å². The van der Waals surface area contributed by atoms with Crippen molar-refractivity contribution >= 4 is 27.6 Å². The van der Waals surface area contributed by atoms with Crippen LogP contribution in [0.2, 0.25) is 0 Å². The largest absolute Gasteiger partial charge is 0.480 e. The second kappa shape index (κ2) is 8.31. The number of carbonyl (C=O) groups is 2. The van der Waals surface area contributed by atoms with E-state index in [1.54, 1.807) is 0 Å². The molecule has 2 aromatic rings. The first-order chi connectivity index (χ1) is 13.7. The highest BCUT2D eigenvalue weighted by Crippen LogP contribution is 2.24. The van der Waals surface area contributed by atoms with Crippen LogP contribution in [-0.2, 0) is 14.8 Å². The van der Waals surface area contributed by atoms with Gasteiger partial charge in [0.2, 0.25) is 16.1 Å². The number of sulfonamides is 1. The summed E-state index contributed by atoms with van der Waals surface area (Å²) in [5, 5.41) is 10.6. The Labute approximate surface area is 164 Å². The van der Waals surface area contributed by atoms with E-state index in [-0.39, 0.29) is 5.69 Å². The number of hydrogen-bond acceptors (Lipinski definition) is 4. The summed E-state index contributed by atoms with van der Waals surface area (Å²) in [5.41, 5.74) is -0.839. The summed E-state index contributed by atoms with van der Waals surface area (Å²) in [6.07, 6.45) is -5.53. The first-order valence-corrected chi connectivity index (χ1v) is 9.08. The Morgan fingerprint density at radius 1 is 0.933 bits per heavy atom. The highest BCUT2D eigenvalue weighted by atomic mass is 32.2. The summed E-state index contributed by atoms with van der Waals surface area (Å²) in [4.78, 5) is 21.4. The second-order valence-corrected chi connectivity index (χ2v) is 7.34. The molecule has 1 amide bonds. The molecule has 2 aromatic carbocycles. The second-order valence-electron chi connectivity index (χ2n) is 5.66. The number of anilines is 1. The van der Waals surface area contributed by atoms with E-state index in [2.05, 4.69) is 5.32 Å². The summed E-state index contributed by atoms with van der Waals surface area (Å²) in [6, 6.07) is 0.221. The van der Waals surface area contributed by atoms with Crippen LogP contribution in [0.4, 0.5) is 32.0 Å². The third-order valence-electron chi connectivity index (χ3n) is 3.51. The Bertz CT molecular complexity index is 1100. The maximum absolute atomic E-state index is 13.9. The lowest BCUT2D eigenvalue weighted by atomic mass is 10.2. The van der Waals surface area contributed by atoms with E-state index in [4.69, 9.17) is 5.11 Å². The van der Waals surface area contributed by atoms with Gasteiger partial charge in [-0.15, -0.1) is 0 Å². The maximum Gasteiger partial charge on any atom is 0.415 e. The van der Waals surface area contributed by atoms with Crippen LogP contribution in [-0.4, -0.2) is 37.6 Å². The van der Waals surface area contributed by atoms with Crippen LogP contribution < -0.4 is 10.0 Å². The molecule has 3 N–H and O–H groups in total. The quantitative estimate of drug-likeness (QED) is 0.579. The summed E-state index contributed by atoms with van der Waals surface area (Å²) < 4.78 is 103. The fourth-order valence-electron chi connectivity index (χ4n) is 2.10. The third-order valence-corrected chi connectivity index (χ3v) is 4.95. The molecule has 162 valence electrons. The lowest BCUT2D eigenvalue weighted by Crippen LogP contribution is -2.50. The number of halogens is 6. The molecule has 30 heavy (non-hydrogen) atoms. The predicted octanol–water partition coefficient (Wildman–Crippen LogP) is 2.65. The van der Waals surface area contributed by atoms with Crippen molar-refractivity contribution in [2.75, 3.05) is 5.32 Å². The molecular weight excluding hydrogens is 446 g/mol. The van der Waals surface area contributed by atoms with Gasteiger partial charge in [-0.1, -0.05) is 0 Å². The Morgan fingerprint density at radius 3 is 2.07 bits per heavy atom. The smallest absolute Gasteiger partial charge is 0.415 e. The van der Waals surface area contributed by atoms with E-state index >= 15 is 0 Å². The van der Waals surface area contributed by atoms with Crippen molar-refractivity contribution in [2.45, 2.75) is 17.1 Å². The van der Waals surface area contributed by atoms with Gasteiger partial charge in [-0.25, -0.2) is 21.6 Å². The number of rotatable bonds is 6. The maximum atomic E-state index is 13.9. The Hall–Kier alpha value is -3.13. The van der Waals surface area contributed by atoms with Crippen LogP contribution in [0.25, 0.3) is 0 Å². The summed E-state index contributed by atoms with van der Waals surface area (Å²) in [7, 11) is -5.37. The van der Waals surface area contributed by atoms with Gasteiger partial charge in [-0.2, -0.15) is 17.9 Å². The highest BCUT2D eigenvalue weighted by Gasteiger charge is 2.48. The Kier molecular flexibility index (Phi) is 6.42. The van der Waals surface area contributed by atoms with E-state index in [1.165, 1.54) is 0 Å². The first-order valence-electron chi connectivity index (χ1n) is 7.60. The molecule has 0 aliphatic rings. The van der Waals surface area contributed by atoms with Gasteiger partial charge in [0.1, 0.15) is 10.7 Å². The topological polar surface area (TPSA) is 113 Å². The summed E-state index contributed by atoms with van der Waals surface area (Å²) in [6.45, 7) is 0. The predicted molar refractivity (Wildman–Crippen MR) is 88.5 cm³/mol. The summed E-state index contributed by atoms with van der Waals surface area (Å²) in [5.74, 6) is -7.82. The lowest BCUT2D eigenvalue weighted by Gasteiger charge is -2.18. The Morgan fingerprint density at radius 2 is 1.53 bits per heavy atom. The minimum atomic E-state index is -5.53. The third kappa shape index (κ3) is 5.27. The van der Waals surface area contributed by atoms with Crippen LogP contribution in [0.15, 0.2) is 41.3 Å². The molecule has 7 nitrogen and oxygen atoms in total. The monoisotopic (exact) mass is 456 g/mol. The minimum Gasteiger partial charge on any atom is -0.480 e. The van der Waals surface area contributed by atoms with Crippen LogP contribution in [0.1, 0.15) is 10.4 Å². The van der Waals surface area contributed by atoms with Gasteiger partial charge in [-0.05, 0) is 30.3 Å². The number of alkyl halides is 3. The van der Waals surface area contributed by atoms with Crippen LogP contribution >= 0.6 is 0 Å². The van der Waals surface area contributed by atoms with Crippen LogP contribution in [0.3, 0.4) is 0 Å². The van der Waals surface area contributed by atoms with Gasteiger partial charge in [0.15, 0.2) is 11.6 Å². The SMILES string of the molecule is O=C(Nc1ccc(F)c(F)c1)c1ccc(F)c(S(=O)(=O)N[C@H](C(=O)O)C(F)(F)F)c1. The van der Waals surface area contributed by atoms with Gasteiger partial charge in [0.25, 0.3) is 5.91 Å². The standard InChI is InChI=1S/C16H10F6N2O5S/c17-9-4-2-8(6-11(9)19)23-14(25)7-1-3-10(18)12(5-7)30(28,29)24-13(15(26)27)16(20,21)22/h1-6,13,24H,(H,23,25)(H,26,27)/t13-/m1/s1. The zero-order chi connectivity index (χ0) is 22.9. The first kappa shape index (κ1) is 23.2. The van der Waals surface area contributed by atoms with E-state index in [1.807, 2.05) is 0 Å². The number of nitrogens with one attached hydrogen (secondary N) is 2. The molecule has 0 aliphatic heterocycles. The minimum absolute atomic E-state index is 0.256. The van der Waals surface area contributed by atoms with Gasteiger partial charge in [0, 0.05) is 17.3 Å². The van der Waals surface area contributed by atoms with Gasteiger partial charge in [-0.3, -0.25) is 9.59 Å². The molecule has 2 rings (SSSR count). The number of hydrogen-bond donors (Lipinski definition) is 3. The molecule has 1 atom stereocenters. The average Bonchev–Trinajstić information content (AvgIpc) is 2.62. The molecule has 0 radical (unpaired) electrons. The number of carboxylic acids is 1. The van der Waals surface area contributed by atoms with Gasteiger partial charge in [0.05, 0.1) is 0 Å².